The lowest BCUT2D eigenvalue weighted by Crippen LogP contribution is -2.09. The Morgan fingerprint density at radius 3 is 2.62 bits per heavy atom. The Bertz CT molecular complexity index is 805. The van der Waals surface area contributed by atoms with Crippen molar-refractivity contribution in [2.75, 3.05) is 7.11 Å². The molecular formula is C14H12O6S. The molecular weight excluding hydrogens is 296 g/mol. The van der Waals surface area contributed by atoms with Crippen molar-refractivity contribution >= 4 is 34.0 Å². The van der Waals surface area contributed by atoms with E-state index in [4.69, 9.17) is 16.6 Å². The van der Waals surface area contributed by atoms with Crippen molar-refractivity contribution in [1.82, 2.24) is 0 Å². The van der Waals surface area contributed by atoms with Gasteiger partial charge in [0.25, 0.3) is 0 Å². The number of fused-ring (bicyclic) bond motifs is 1. The molecule has 2 rings (SSSR count). The number of esters is 1. The molecule has 2 aromatic rings. The molecule has 6 nitrogen and oxygen atoms in total. The molecule has 0 spiro atoms. The van der Waals surface area contributed by atoms with Gasteiger partial charge in [-0.2, -0.15) is 0 Å². The Hall–Kier alpha value is -2.41. The fourth-order valence-electron chi connectivity index (χ4n) is 2.04. The van der Waals surface area contributed by atoms with Crippen molar-refractivity contribution in [3.8, 4) is 11.5 Å². The van der Waals surface area contributed by atoms with Crippen LogP contribution in [0.2, 0.25) is 0 Å². The van der Waals surface area contributed by atoms with E-state index in [2.05, 4.69) is 4.74 Å². The lowest BCUT2D eigenvalue weighted by Gasteiger charge is -2.11. The quantitative estimate of drug-likeness (QED) is 0.292. The van der Waals surface area contributed by atoms with Crippen LogP contribution in [0.5, 0.6) is 11.5 Å². The summed E-state index contributed by atoms with van der Waals surface area (Å²) < 4.78 is 9.64. The summed E-state index contributed by atoms with van der Waals surface area (Å²) in [6, 6.07) is 2.35. The Balaban J connectivity index is 2.87. The molecule has 1 aromatic heterocycles. The summed E-state index contributed by atoms with van der Waals surface area (Å²) in [5.74, 6) is -1.43. The maximum Gasteiger partial charge on any atom is 0.336 e. The van der Waals surface area contributed by atoms with E-state index in [0.29, 0.717) is 10.9 Å². The van der Waals surface area contributed by atoms with E-state index in [1.54, 1.807) is 0 Å². The number of methoxy groups -OCH3 is 1. The zero-order valence-corrected chi connectivity index (χ0v) is 12.1. The van der Waals surface area contributed by atoms with Gasteiger partial charge in [-0.3, -0.25) is 4.79 Å². The average molecular weight is 308 g/mol. The number of rotatable bonds is 3. The van der Waals surface area contributed by atoms with Crippen LogP contribution in [0.4, 0.5) is 0 Å². The van der Waals surface area contributed by atoms with Crippen molar-refractivity contribution in [2.45, 2.75) is 13.3 Å². The van der Waals surface area contributed by atoms with Gasteiger partial charge in [-0.25, -0.2) is 4.79 Å². The first-order valence-corrected chi connectivity index (χ1v) is 6.35. The van der Waals surface area contributed by atoms with Gasteiger partial charge in [0.2, 0.25) is 0 Å². The summed E-state index contributed by atoms with van der Waals surface area (Å²) in [6.07, 6.45) is -0.168. The Kier molecular flexibility index (Phi) is 3.95. The first-order valence-electron chi connectivity index (χ1n) is 5.94. The van der Waals surface area contributed by atoms with Crippen LogP contribution in [0.1, 0.15) is 18.1 Å². The number of carbonyl (C=O) groups excluding carboxylic acids is 1. The molecule has 0 fully saturated rings. The Morgan fingerprint density at radius 1 is 1.38 bits per heavy atom. The third kappa shape index (κ3) is 2.73. The normalized spacial score (nSPS) is 10.6. The van der Waals surface area contributed by atoms with Gasteiger partial charge >= 0.3 is 11.6 Å². The van der Waals surface area contributed by atoms with Crippen molar-refractivity contribution in [3.05, 3.63) is 33.7 Å². The minimum atomic E-state index is -0.691. The van der Waals surface area contributed by atoms with E-state index in [1.165, 1.54) is 20.1 Å². The van der Waals surface area contributed by atoms with Gasteiger partial charge in [-0.15, -0.1) is 0 Å². The minimum absolute atomic E-state index is 0.0317. The van der Waals surface area contributed by atoms with Gasteiger partial charge in [0.15, 0.2) is 17.1 Å². The fraction of sp³-hybridized carbons (Fsp3) is 0.214. The van der Waals surface area contributed by atoms with E-state index < -0.39 is 23.1 Å². The predicted molar refractivity (Wildman–Crippen MR) is 78.9 cm³/mol. The van der Waals surface area contributed by atoms with Crippen molar-refractivity contribution in [1.29, 1.82) is 0 Å². The van der Waals surface area contributed by atoms with Crippen LogP contribution in [0.15, 0.2) is 21.3 Å². The third-order valence-corrected chi connectivity index (χ3v) is 3.19. The zero-order valence-electron chi connectivity index (χ0n) is 11.3. The number of benzene rings is 1. The highest BCUT2D eigenvalue weighted by Gasteiger charge is 2.20. The molecule has 0 saturated heterocycles. The molecule has 1 heterocycles. The largest absolute Gasteiger partial charge is 0.504 e. The molecule has 21 heavy (non-hydrogen) atoms. The van der Waals surface area contributed by atoms with E-state index in [0.717, 1.165) is 6.07 Å². The van der Waals surface area contributed by atoms with Gasteiger partial charge in [0, 0.05) is 16.3 Å². The molecule has 2 N–H and O–H groups in total. The monoisotopic (exact) mass is 308 g/mol. The molecule has 0 radical (unpaired) electrons. The van der Waals surface area contributed by atoms with E-state index in [1.807, 2.05) is 0 Å². The van der Waals surface area contributed by atoms with E-state index >= 15 is 0 Å². The van der Waals surface area contributed by atoms with Gasteiger partial charge < -0.3 is 19.4 Å². The summed E-state index contributed by atoms with van der Waals surface area (Å²) in [6.45, 7) is 1.52. The van der Waals surface area contributed by atoms with Crippen molar-refractivity contribution in [3.63, 3.8) is 0 Å². The van der Waals surface area contributed by atoms with E-state index in [9.17, 15) is 19.8 Å². The first kappa shape index (κ1) is 15.0. The standard InChI is InChI=1S/C14H12O6S/c1-6(21)12-13(18)9(15)5-8-7(3-10(16)19-2)4-11(17)20-14(8)12/h4-5,15,18H,3H2,1-2H3. The lowest BCUT2D eigenvalue weighted by molar-refractivity contribution is -0.139. The summed E-state index contributed by atoms with van der Waals surface area (Å²) in [4.78, 5) is 23.3. The molecule has 0 bridgehead atoms. The van der Waals surface area contributed by atoms with Gasteiger partial charge in [-0.05, 0) is 18.6 Å². The Morgan fingerprint density at radius 2 is 2.05 bits per heavy atom. The highest BCUT2D eigenvalue weighted by Crippen LogP contribution is 2.37. The fourth-order valence-corrected chi connectivity index (χ4v) is 2.23. The molecule has 110 valence electrons. The number of hydrogen-bond donors (Lipinski definition) is 2. The number of carbonyl (C=O) groups is 1. The predicted octanol–water partition coefficient (Wildman–Crippen LogP) is 1.66. The van der Waals surface area contributed by atoms with Gasteiger partial charge in [-0.1, -0.05) is 12.2 Å². The molecule has 1 aromatic carbocycles. The minimum Gasteiger partial charge on any atom is -0.504 e. The third-order valence-electron chi connectivity index (χ3n) is 2.99. The molecule has 0 aliphatic rings. The summed E-state index contributed by atoms with van der Waals surface area (Å²) in [5.41, 5.74) is -0.280. The summed E-state index contributed by atoms with van der Waals surface area (Å²) >= 11 is 5.01. The first-order chi connectivity index (χ1) is 9.85. The Labute approximate surface area is 124 Å². The number of ether oxygens (including phenoxy) is 1. The van der Waals surface area contributed by atoms with Crippen LogP contribution in [-0.2, 0) is 16.0 Å². The van der Waals surface area contributed by atoms with Crippen LogP contribution in [0, 0.1) is 0 Å². The number of thiocarbonyl (C=S) groups is 1. The van der Waals surface area contributed by atoms with Gasteiger partial charge in [0.1, 0.15) is 0 Å². The average Bonchev–Trinajstić information content (AvgIpc) is 2.40. The second-order valence-corrected chi connectivity index (χ2v) is 5.01. The topological polar surface area (TPSA) is 97.0 Å². The zero-order chi connectivity index (χ0) is 15.7. The SMILES string of the molecule is COC(=O)Cc1cc(=O)oc2c(C(C)=S)c(O)c(O)cc12. The lowest BCUT2D eigenvalue weighted by atomic mass is 10.0. The number of hydrogen-bond acceptors (Lipinski definition) is 7. The molecule has 0 aliphatic carbocycles. The van der Waals surface area contributed by atoms with E-state index in [-0.39, 0.29) is 22.4 Å². The highest BCUT2D eigenvalue weighted by molar-refractivity contribution is 7.80. The number of phenols is 2. The maximum absolute atomic E-state index is 11.6. The van der Waals surface area contributed by atoms with Gasteiger partial charge in [0.05, 0.1) is 19.1 Å². The maximum atomic E-state index is 11.6. The van der Waals surface area contributed by atoms with Crippen LogP contribution >= 0.6 is 12.2 Å². The summed E-state index contributed by atoms with van der Waals surface area (Å²) in [5, 5.41) is 20.0. The molecule has 0 amide bonds. The second-order valence-electron chi connectivity index (χ2n) is 4.40. The van der Waals surface area contributed by atoms with Crippen molar-refractivity contribution in [2.24, 2.45) is 0 Å². The van der Waals surface area contributed by atoms with Crippen LogP contribution < -0.4 is 5.63 Å². The summed E-state index contributed by atoms with van der Waals surface area (Å²) in [7, 11) is 1.23. The molecule has 0 aliphatic heterocycles. The van der Waals surface area contributed by atoms with Crippen molar-refractivity contribution < 1.29 is 24.2 Å². The van der Waals surface area contributed by atoms with Crippen LogP contribution in [-0.4, -0.2) is 28.2 Å². The molecule has 0 atom stereocenters. The molecule has 0 unspecified atom stereocenters. The number of aromatic hydroxyl groups is 2. The second kappa shape index (κ2) is 5.53. The molecule has 7 heteroatoms. The van der Waals surface area contributed by atoms with Crippen LogP contribution in [0.25, 0.3) is 11.0 Å². The highest BCUT2D eigenvalue weighted by atomic mass is 32.1. The number of phenolic OH excluding ortho intramolecular Hbond substituents is 2. The smallest absolute Gasteiger partial charge is 0.336 e. The molecule has 0 saturated carbocycles. The van der Waals surface area contributed by atoms with Crippen LogP contribution in [0.3, 0.4) is 0 Å².